The van der Waals surface area contributed by atoms with Crippen molar-refractivity contribution < 1.29 is 37.3 Å². The minimum absolute atomic E-state index is 0.0210. The van der Waals surface area contributed by atoms with Crippen molar-refractivity contribution in [1.29, 1.82) is 5.41 Å². The fourth-order valence-electron chi connectivity index (χ4n) is 9.56. The molecule has 5 saturated heterocycles. The number of likely N-dealkylation sites (N-methyl/N-ethyl adjacent to an activating group) is 1. The number of fused-ring (bicyclic) bond motifs is 4. The molecule has 0 aliphatic carbocycles. The van der Waals surface area contributed by atoms with E-state index in [-0.39, 0.29) is 48.0 Å². The molecule has 11 nitrogen and oxygen atoms in total. The maximum atomic E-state index is 14.3. The Hall–Kier alpha value is -0.556. The van der Waals surface area contributed by atoms with Gasteiger partial charge in [0.15, 0.2) is 33.9 Å². The van der Waals surface area contributed by atoms with Crippen LogP contribution in [0.25, 0.3) is 0 Å². The topological polar surface area (TPSA) is 121 Å². The van der Waals surface area contributed by atoms with Crippen LogP contribution in [0.2, 0.25) is 39.3 Å². The first-order valence-corrected chi connectivity index (χ1v) is 26.7. The number of esters is 1. The highest BCUT2D eigenvalue weighted by molar-refractivity contribution is 8.13. The van der Waals surface area contributed by atoms with Crippen LogP contribution in [0.15, 0.2) is 0 Å². The number of thioether (sulfide) groups is 1. The number of hydrogen-bond acceptors (Lipinski definition) is 11. The van der Waals surface area contributed by atoms with Crippen molar-refractivity contribution in [2.24, 2.45) is 23.7 Å². The van der Waals surface area contributed by atoms with E-state index in [4.69, 9.17) is 37.9 Å². The molecule has 0 aromatic carbocycles. The smallest absolute Gasteiger partial charge is 0.311 e. The summed E-state index contributed by atoms with van der Waals surface area (Å²) in [7, 11) is -0.0233. The molecule has 5 heterocycles. The summed E-state index contributed by atoms with van der Waals surface area (Å²) in [5, 5.41) is 12.5. The van der Waals surface area contributed by atoms with Crippen LogP contribution in [0.4, 0.5) is 0 Å². The van der Waals surface area contributed by atoms with Crippen LogP contribution in [0.1, 0.15) is 67.7 Å². The Balaban J connectivity index is 1.67. The predicted octanol–water partition coefficient (Wildman–Crippen LogP) is 6.04. The molecule has 50 heavy (non-hydrogen) atoms. The first-order valence-electron chi connectivity index (χ1n) is 18.9. The number of rotatable bonds is 8. The van der Waals surface area contributed by atoms with Gasteiger partial charge in [-0.3, -0.25) is 10.2 Å². The second-order valence-corrected chi connectivity index (χ2v) is 28.4. The highest BCUT2D eigenvalue weighted by Crippen LogP contribution is 2.60. The summed E-state index contributed by atoms with van der Waals surface area (Å²) in [5.74, 6) is -1.63. The lowest BCUT2D eigenvalue weighted by atomic mass is 9.76. The second kappa shape index (κ2) is 14.3. The van der Waals surface area contributed by atoms with Crippen molar-refractivity contribution in [3.8, 4) is 0 Å². The minimum atomic E-state index is -2.18. The molecular weight excluding hydrogens is 691 g/mol. The van der Waals surface area contributed by atoms with Crippen molar-refractivity contribution in [2.45, 2.75) is 173 Å². The molecule has 14 heteroatoms. The van der Waals surface area contributed by atoms with E-state index in [2.05, 4.69) is 91.3 Å². The molecule has 2 N–H and O–H groups in total. The van der Waals surface area contributed by atoms with Crippen LogP contribution >= 0.6 is 11.8 Å². The average Bonchev–Trinajstić information content (AvgIpc) is 3.39. The van der Waals surface area contributed by atoms with Crippen molar-refractivity contribution in [3.63, 3.8) is 0 Å². The predicted molar refractivity (Wildman–Crippen MR) is 202 cm³/mol. The van der Waals surface area contributed by atoms with Gasteiger partial charge in [0.1, 0.15) is 17.8 Å². The van der Waals surface area contributed by atoms with Gasteiger partial charge in [-0.25, -0.2) is 0 Å². The summed E-state index contributed by atoms with van der Waals surface area (Å²) in [6.07, 6.45) is -0.578. The van der Waals surface area contributed by atoms with Gasteiger partial charge >= 0.3 is 5.97 Å². The highest BCUT2D eigenvalue weighted by atomic mass is 32.2. The number of carbonyl (C=O) groups is 1. The van der Waals surface area contributed by atoms with Gasteiger partial charge in [-0.1, -0.05) is 32.5 Å². The van der Waals surface area contributed by atoms with Crippen LogP contribution in [0.5, 0.6) is 0 Å². The molecule has 5 aliphatic heterocycles. The van der Waals surface area contributed by atoms with Gasteiger partial charge in [-0.05, 0) is 100 Å². The van der Waals surface area contributed by atoms with Crippen LogP contribution in [-0.4, -0.2) is 118 Å². The zero-order valence-corrected chi connectivity index (χ0v) is 36.2. The van der Waals surface area contributed by atoms with Gasteiger partial charge in [-0.15, -0.1) is 0 Å². The number of amidine groups is 1. The van der Waals surface area contributed by atoms with E-state index in [1.165, 1.54) is 11.8 Å². The molecule has 0 aromatic rings. The van der Waals surface area contributed by atoms with Crippen molar-refractivity contribution in [3.05, 3.63) is 0 Å². The fraction of sp³-hybridized carbons (Fsp3) is 0.944. The van der Waals surface area contributed by atoms with E-state index in [0.717, 1.165) is 6.42 Å². The molecule has 0 radical (unpaired) electrons. The maximum absolute atomic E-state index is 14.3. The monoisotopic (exact) mass is 757 g/mol. The first-order chi connectivity index (χ1) is 22.9. The molecule has 3 bridgehead atoms. The Morgan fingerprint density at radius 3 is 2.20 bits per heavy atom. The summed E-state index contributed by atoms with van der Waals surface area (Å²) in [6, 6.07) is -0.188. The van der Waals surface area contributed by atoms with Crippen molar-refractivity contribution in [2.75, 3.05) is 19.8 Å². The van der Waals surface area contributed by atoms with E-state index in [9.17, 15) is 4.79 Å². The third-order valence-electron chi connectivity index (χ3n) is 11.6. The molecule has 288 valence electrons. The summed E-state index contributed by atoms with van der Waals surface area (Å²) >= 11 is 1.48. The Kier molecular flexibility index (Phi) is 11.6. The molecule has 5 unspecified atom stereocenters. The summed E-state index contributed by atoms with van der Waals surface area (Å²) in [5.41, 5.74) is -1.77. The second-order valence-electron chi connectivity index (χ2n) is 18.4. The van der Waals surface area contributed by atoms with E-state index in [1.807, 2.05) is 20.8 Å². The molecule has 5 fully saturated rings. The number of carbonyl (C=O) groups excluding carboxylic acids is 1. The molecule has 0 amide bonds. The molecule has 1 spiro atoms. The van der Waals surface area contributed by atoms with Crippen LogP contribution in [0.3, 0.4) is 0 Å². The summed E-state index contributed by atoms with van der Waals surface area (Å²) < 4.78 is 49.3. The van der Waals surface area contributed by atoms with Crippen LogP contribution in [-0.2, 0) is 37.3 Å². The van der Waals surface area contributed by atoms with Crippen molar-refractivity contribution in [1.82, 2.24) is 10.2 Å². The SMILES string of the molecule is CC[C@H]1OC(=O)[C@H](C)[C@@H](O[Si](C)(C)C)[C@H](C)[C@@H](OC2O[C@H](C)C[C@H](N(C)C)[C@H]2O[Si](C)(C)C)[C@@]2(C)C[C@@H](C)C3(OC1(C)C1NC(=N)SCC13)O2. The Morgan fingerprint density at radius 2 is 1.62 bits per heavy atom. The Morgan fingerprint density at radius 1 is 1.00 bits per heavy atom. The van der Waals surface area contributed by atoms with E-state index >= 15 is 0 Å². The Bertz CT molecular complexity index is 1270. The third-order valence-corrected chi connectivity index (χ3v) is 14.5. The number of hydrogen-bond donors (Lipinski definition) is 2. The summed E-state index contributed by atoms with van der Waals surface area (Å²) in [6.45, 7) is 27.7. The number of nitrogens with one attached hydrogen (secondary N) is 2. The van der Waals surface area contributed by atoms with Gasteiger partial charge in [0, 0.05) is 29.5 Å². The third kappa shape index (κ3) is 7.68. The zero-order chi connectivity index (χ0) is 37.4. The fourth-order valence-corrected chi connectivity index (χ4v) is 12.9. The zero-order valence-electron chi connectivity index (χ0n) is 33.4. The largest absolute Gasteiger partial charge is 0.459 e. The Labute approximate surface area is 308 Å². The highest BCUT2D eigenvalue weighted by Gasteiger charge is 2.73. The average molecular weight is 758 g/mol. The lowest BCUT2D eigenvalue weighted by Crippen LogP contribution is -2.62. The van der Waals surface area contributed by atoms with Gasteiger partial charge < -0.3 is 42.8 Å². The van der Waals surface area contributed by atoms with Gasteiger partial charge in [0.25, 0.3) is 0 Å². The van der Waals surface area contributed by atoms with Crippen molar-refractivity contribution >= 4 is 39.5 Å². The van der Waals surface area contributed by atoms with Crippen LogP contribution < -0.4 is 5.32 Å². The molecule has 5 rings (SSSR count). The van der Waals surface area contributed by atoms with E-state index < -0.39 is 64.1 Å². The molecule has 15 atom stereocenters. The van der Waals surface area contributed by atoms with Gasteiger partial charge in [-0.2, -0.15) is 0 Å². The first kappa shape index (κ1) is 40.6. The number of nitrogens with zero attached hydrogens (tertiary/aromatic N) is 1. The number of ether oxygens (including phenoxy) is 5. The lowest BCUT2D eigenvalue weighted by Gasteiger charge is -2.50. The number of cyclic esters (lactones) is 1. The normalized spacial score (nSPS) is 47.3. The molecule has 0 aromatic heterocycles. The maximum Gasteiger partial charge on any atom is 0.311 e. The molecular formula is C36H67N3O8SSi2. The van der Waals surface area contributed by atoms with Gasteiger partial charge in [0.2, 0.25) is 0 Å². The van der Waals surface area contributed by atoms with Gasteiger partial charge in [0.05, 0.1) is 35.9 Å². The molecule has 5 aliphatic rings. The standard InChI is InChI=1S/C36H67N3O8SSi2/c1-16-26-35(7)29-24(19-48-33(37)38-29)36(47-35)20(2)18-34(6,46-36)30(22(4)27(44-49(10,11)12)23(5)31(40)42-26)43-32-28(45-50(13,14)15)25(39(8)9)17-21(3)41-32/h20-30,32H,16-19H2,1-15H3,(H2,37,38)/t20-,21-,22+,23-,24?,25+,26-,27+,28-,29?,30-,32?,34-,35?,36?/m1/s1. The minimum Gasteiger partial charge on any atom is -0.459 e. The van der Waals surface area contributed by atoms with Crippen LogP contribution in [0, 0.1) is 29.1 Å². The van der Waals surface area contributed by atoms with E-state index in [1.54, 1.807) is 0 Å². The van der Waals surface area contributed by atoms with E-state index in [0.29, 0.717) is 23.8 Å². The summed E-state index contributed by atoms with van der Waals surface area (Å²) in [4.78, 5) is 16.6. The quantitative estimate of drug-likeness (QED) is 0.223. The lowest BCUT2D eigenvalue weighted by molar-refractivity contribution is -0.335. The molecule has 0 saturated carbocycles.